The van der Waals surface area contributed by atoms with Crippen molar-refractivity contribution in [3.05, 3.63) is 58.6 Å². The van der Waals surface area contributed by atoms with Crippen LogP contribution in [0.15, 0.2) is 52.4 Å². The maximum atomic E-state index is 13.5. The molecule has 0 unspecified atom stereocenters. The second kappa shape index (κ2) is 9.84. The SMILES string of the molecule is CCCN(CCC)S(=O)(=O)c1ccc(C(=O)N=c2sc3cc(F)ccc3n2CC)cc1. The summed E-state index contributed by atoms with van der Waals surface area (Å²) in [6, 6.07) is 10.3. The number of halogens is 1. The summed E-state index contributed by atoms with van der Waals surface area (Å²) in [5, 5.41) is 0. The molecule has 0 radical (unpaired) electrons. The zero-order valence-electron chi connectivity index (χ0n) is 17.8. The van der Waals surface area contributed by atoms with Crippen LogP contribution < -0.4 is 4.80 Å². The lowest BCUT2D eigenvalue weighted by molar-refractivity contribution is 0.0997. The molecule has 0 bridgehead atoms. The number of aromatic nitrogens is 1. The maximum absolute atomic E-state index is 13.5. The molecule has 1 amide bonds. The van der Waals surface area contributed by atoms with Crippen LogP contribution in [0.25, 0.3) is 10.2 Å². The van der Waals surface area contributed by atoms with Crippen molar-refractivity contribution in [2.24, 2.45) is 4.99 Å². The van der Waals surface area contributed by atoms with Crippen LogP contribution >= 0.6 is 11.3 Å². The van der Waals surface area contributed by atoms with Crippen LogP contribution in [0.2, 0.25) is 0 Å². The van der Waals surface area contributed by atoms with Gasteiger partial charge in [0.15, 0.2) is 4.80 Å². The number of hydrogen-bond acceptors (Lipinski definition) is 4. The highest BCUT2D eigenvalue weighted by atomic mass is 32.2. The molecule has 0 aliphatic heterocycles. The first kappa shape index (κ1) is 23.3. The average molecular weight is 464 g/mol. The molecule has 0 saturated heterocycles. The van der Waals surface area contributed by atoms with Crippen LogP contribution in [0, 0.1) is 5.82 Å². The molecule has 9 heteroatoms. The third kappa shape index (κ3) is 4.94. The molecular formula is C22H26FN3O3S2. The number of thiazole rings is 1. The van der Waals surface area contributed by atoms with E-state index in [2.05, 4.69) is 4.99 Å². The van der Waals surface area contributed by atoms with Gasteiger partial charge in [-0.25, -0.2) is 12.8 Å². The van der Waals surface area contributed by atoms with Gasteiger partial charge in [-0.3, -0.25) is 4.79 Å². The minimum atomic E-state index is -3.60. The van der Waals surface area contributed by atoms with Crippen molar-refractivity contribution < 1.29 is 17.6 Å². The maximum Gasteiger partial charge on any atom is 0.279 e. The lowest BCUT2D eigenvalue weighted by atomic mass is 10.2. The Hall–Kier alpha value is -2.36. The van der Waals surface area contributed by atoms with E-state index in [4.69, 9.17) is 0 Å². The van der Waals surface area contributed by atoms with Crippen LogP contribution in [-0.2, 0) is 16.6 Å². The minimum absolute atomic E-state index is 0.159. The van der Waals surface area contributed by atoms with Gasteiger partial charge in [0.05, 0.1) is 15.1 Å². The van der Waals surface area contributed by atoms with Gasteiger partial charge in [-0.2, -0.15) is 9.30 Å². The van der Waals surface area contributed by atoms with Crippen molar-refractivity contribution in [3.63, 3.8) is 0 Å². The summed E-state index contributed by atoms with van der Waals surface area (Å²) < 4.78 is 43.3. The number of hydrogen-bond donors (Lipinski definition) is 0. The Kier molecular flexibility index (Phi) is 7.40. The first-order chi connectivity index (χ1) is 14.8. The summed E-state index contributed by atoms with van der Waals surface area (Å²) in [5.41, 5.74) is 1.11. The molecule has 0 atom stereocenters. The van der Waals surface area contributed by atoms with Crippen molar-refractivity contribution >= 4 is 37.5 Å². The van der Waals surface area contributed by atoms with E-state index in [9.17, 15) is 17.6 Å². The summed E-state index contributed by atoms with van der Waals surface area (Å²) in [5.74, 6) is -0.816. The Balaban J connectivity index is 1.93. The monoisotopic (exact) mass is 463 g/mol. The van der Waals surface area contributed by atoms with Crippen molar-refractivity contribution in [2.45, 2.75) is 45.1 Å². The normalized spacial score (nSPS) is 12.7. The van der Waals surface area contributed by atoms with Gasteiger partial charge in [-0.15, -0.1) is 0 Å². The van der Waals surface area contributed by atoms with Crippen LogP contribution in [0.3, 0.4) is 0 Å². The molecule has 166 valence electrons. The van der Waals surface area contributed by atoms with Gasteiger partial charge in [0.25, 0.3) is 5.91 Å². The van der Waals surface area contributed by atoms with Crippen molar-refractivity contribution in [1.82, 2.24) is 8.87 Å². The molecule has 6 nitrogen and oxygen atoms in total. The Labute approximate surface area is 185 Å². The van der Waals surface area contributed by atoms with E-state index in [0.29, 0.717) is 34.7 Å². The molecule has 1 aromatic heterocycles. The first-order valence-electron chi connectivity index (χ1n) is 10.3. The Bertz CT molecular complexity index is 1240. The van der Waals surface area contributed by atoms with E-state index in [-0.39, 0.29) is 10.7 Å². The number of amides is 1. The van der Waals surface area contributed by atoms with Crippen LogP contribution in [0.1, 0.15) is 44.0 Å². The summed E-state index contributed by atoms with van der Waals surface area (Å²) in [4.78, 5) is 17.6. The van der Waals surface area contributed by atoms with E-state index < -0.39 is 15.9 Å². The van der Waals surface area contributed by atoms with Crippen LogP contribution in [0.4, 0.5) is 4.39 Å². The van der Waals surface area contributed by atoms with Gasteiger partial charge < -0.3 is 4.57 Å². The summed E-state index contributed by atoms with van der Waals surface area (Å²) in [6.07, 6.45) is 1.45. The summed E-state index contributed by atoms with van der Waals surface area (Å²) in [6.45, 7) is 7.29. The Morgan fingerprint density at radius 1 is 1.06 bits per heavy atom. The van der Waals surface area contributed by atoms with Gasteiger partial charge >= 0.3 is 0 Å². The first-order valence-corrected chi connectivity index (χ1v) is 12.6. The molecule has 3 rings (SSSR count). The van der Waals surface area contributed by atoms with Crippen LogP contribution in [-0.4, -0.2) is 36.3 Å². The standard InChI is InChI=1S/C22H26FN3O3S2/c1-4-13-25(14-5-2)31(28,29)18-10-7-16(8-11-18)21(27)24-22-26(6-3)19-12-9-17(23)15-20(19)30-22/h7-12,15H,4-6,13-14H2,1-3H3. The number of benzene rings is 2. The predicted molar refractivity (Wildman–Crippen MR) is 121 cm³/mol. The number of rotatable bonds is 8. The van der Waals surface area contributed by atoms with E-state index >= 15 is 0 Å². The average Bonchev–Trinajstić information content (AvgIpc) is 3.09. The smallest absolute Gasteiger partial charge is 0.279 e. The van der Waals surface area contributed by atoms with Gasteiger partial charge in [0.1, 0.15) is 5.82 Å². The fourth-order valence-corrected chi connectivity index (χ4v) is 6.10. The third-order valence-electron chi connectivity index (χ3n) is 4.84. The molecule has 0 aliphatic carbocycles. The number of carbonyl (C=O) groups is 1. The molecule has 0 fully saturated rings. The number of carbonyl (C=O) groups excluding carboxylic acids is 1. The molecule has 3 aromatic rings. The van der Waals surface area contributed by atoms with Crippen molar-refractivity contribution in [1.29, 1.82) is 0 Å². The number of fused-ring (bicyclic) bond motifs is 1. The molecule has 0 aliphatic rings. The van der Waals surface area contributed by atoms with Crippen molar-refractivity contribution in [3.8, 4) is 0 Å². The minimum Gasteiger partial charge on any atom is -0.317 e. The second-order valence-electron chi connectivity index (χ2n) is 7.09. The van der Waals surface area contributed by atoms with E-state index in [1.54, 1.807) is 6.07 Å². The van der Waals surface area contributed by atoms with Gasteiger partial charge in [0.2, 0.25) is 10.0 Å². The van der Waals surface area contributed by atoms with Crippen LogP contribution in [0.5, 0.6) is 0 Å². The van der Waals surface area contributed by atoms with Gasteiger partial charge in [0, 0.05) is 25.2 Å². The quantitative estimate of drug-likeness (QED) is 0.497. The third-order valence-corrected chi connectivity index (χ3v) is 7.80. The molecule has 2 aromatic carbocycles. The van der Waals surface area contributed by atoms with E-state index in [1.807, 2.05) is 25.3 Å². The number of nitrogens with zero attached hydrogens (tertiary/aromatic N) is 3. The Morgan fingerprint density at radius 3 is 2.29 bits per heavy atom. The molecule has 0 spiro atoms. The highest BCUT2D eigenvalue weighted by Gasteiger charge is 2.23. The predicted octanol–water partition coefficient (Wildman–Crippen LogP) is 4.41. The fraction of sp³-hybridized carbons (Fsp3) is 0.364. The van der Waals surface area contributed by atoms with Crippen molar-refractivity contribution in [2.75, 3.05) is 13.1 Å². The van der Waals surface area contributed by atoms with E-state index in [0.717, 1.165) is 18.4 Å². The zero-order valence-corrected chi connectivity index (χ0v) is 19.5. The lowest BCUT2D eigenvalue weighted by Crippen LogP contribution is -2.32. The molecule has 0 saturated carbocycles. The highest BCUT2D eigenvalue weighted by molar-refractivity contribution is 7.89. The number of aryl methyl sites for hydroxylation is 1. The highest BCUT2D eigenvalue weighted by Crippen LogP contribution is 2.20. The lowest BCUT2D eigenvalue weighted by Gasteiger charge is -2.21. The molecule has 0 N–H and O–H groups in total. The molecule has 1 heterocycles. The fourth-order valence-electron chi connectivity index (χ4n) is 3.36. The zero-order chi connectivity index (χ0) is 22.6. The topological polar surface area (TPSA) is 71.7 Å². The summed E-state index contributed by atoms with van der Waals surface area (Å²) >= 11 is 1.24. The number of sulfonamides is 1. The Morgan fingerprint density at radius 2 is 1.71 bits per heavy atom. The van der Waals surface area contributed by atoms with Gasteiger partial charge in [-0.05, 0) is 62.2 Å². The summed E-state index contributed by atoms with van der Waals surface area (Å²) in [7, 11) is -3.60. The van der Waals surface area contributed by atoms with Gasteiger partial charge in [-0.1, -0.05) is 25.2 Å². The second-order valence-corrected chi connectivity index (χ2v) is 10.0. The molecular weight excluding hydrogens is 437 g/mol. The van der Waals surface area contributed by atoms with E-state index in [1.165, 1.54) is 52.0 Å². The molecule has 31 heavy (non-hydrogen) atoms. The largest absolute Gasteiger partial charge is 0.317 e.